The molecule has 0 spiro atoms. The van der Waals surface area contributed by atoms with Gasteiger partial charge in [-0.05, 0) is 52.0 Å². The summed E-state index contributed by atoms with van der Waals surface area (Å²) in [4.78, 5) is 29.2. The first-order valence-corrected chi connectivity index (χ1v) is 10.5. The number of anilines is 1. The number of aryl methyl sites for hydroxylation is 1. The second-order valence-corrected chi connectivity index (χ2v) is 7.40. The second-order valence-electron chi connectivity index (χ2n) is 7.40. The van der Waals surface area contributed by atoms with E-state index in [0.717, 1.165) is 5.76 Å². The highest BCUT2D eigenvalue weighted by Crippen LogP contribution is 2.24. The number of hydrogen-bond acceptors (Lipinski definition) is 5. The van der Waals surface area contributed by atoms with Gasteiger partial charge in [0.05, 0.1) is 25.4 Å². The topological polar surface area (TPSA) is 84.2 Å². The van der Waals surface area contributed by atoms with Gasteiger partial charge >= 0.3 is 6.03 Å². The van der Waals surface area contributed by atoms with E-state index in [1.807, 2.05) is 52.0 Å². The van der Waals surface area contributed by atoms with Crippen molar-refractivity contribution in [3.63, 3.8) is 0 Å². The summed E-state index contributed by atoms with van der Waals surface area (Å²) in [5.41, 5.74) is 0.565. The molecule has 1 aromatic heterocycles. The fourth-order valence-corrected chi connectivity index (χ4v) is 3.02. The van der Waals surface area contributed by atoms with Crippen molar-refractivity contribution in [3.8, 4) is 5.75 Å². The highest BCUT2D eigenvalue weighted by Gasteiger charge is 2.25. The van der Waals surface area contributed by atoms with Gasteiger partial charge in [-0.3, -0.25) is 4.79 Å². The number of methoxy groups -OCH3 is 1. The first-order chi connectivity index (χ1) is 14.8. The van der Waals surface area contributed by atoms with Crippen LogP contribution < -0.4 is 10.1 Å². The van der Waals surface area contributed by atoms with Crippen LogP contribution in [0.2, 0.25) is 0 Å². The van der Waals surface area contributed by atoms with Crippen LogP contribution in [0.4, 0.5) is 10.5 Å². The second kappa shape index (κ2) is 12.0. The van der Waals surface area contributed by atoms with Crippen molar-refractivity contribution in [2.75, 3.05) is 38.7 Å². The quantitative estimate of drug-likeness (QED) is 0.583. The number of nitrogens with zero attached hydrogens (tertiary/aromatic N) is 2. The Labute approximate surface area is 184 Å². The fraction of sp³-hybridized carbons (Fsp3) is 0.478. The zero-order valence-corrected chi connectivity index (χ0v) is 19.0. The van der Waals surface area contributed by atoms with Gasteiger partial charge in [-0.2, -0.15) is 0 Å². The summed E-state index contributed by atoms with van der Waals surface area (Å²) < 4.78 is 16.3. The number of carbonyl (C=O) groups is 2. The van der Waals surface area contributed by atoms with Crippen molar-refractivity contribution in [2.45, 2.75) is 40.3 Å². The van der Waals surface area contributed by atoms with Crippen LogP contribution in [0.5, 0.6) is 5.75 Å². The number of nitrogens with one attached hydrogen (secondary N) is 1. The third-order valence-electron chi connectivity index (χ3n) is 4.68. The number of rotatable bonds is 11. The van der Waals surface area contributed by atoms with E-state index < -0.39 is 0 Å². The van der Waals surface area contributed by atoms with Crippen LogP contribution in [0.1, 0.15) is 32.3 Å². The summed E-state index contributed by atoms with van der Waals surface area (Å²) in [6, 6.07) is 10.4. The zero-order valence-electron chi connectivity index (χ0n) is 19.0. The standard InChI is InChI=1S/C23H33N3O5/c1-6-30-21-10-8-7-9-20(21)24-23(28)26(17(2)3)16-22(27)25(13-14-29-5)15-19-12-11-18(4)31-19/h7-12,17H,6,13-16H2,1-5H3,(H,24,28). The maximum absolute atomic E-state index is 13.1. The highest BCUT2D eigenvalue weighted by molar-refractivity contribution is 5.93. The van der Waals surface area contributed by atoms with Crippen LogP contribution in [0.15, 0.2) is 40.8 Å². The third-order valence-corrected chi connectivity index (χ3v) is 4.68. The number of para-hydroxylation sites is 2. The Hall–Kier alpha value is -3.00. The van der Waals surface area contributed by atoms with Crippen molar-refractivity contribution in [1.29, 1.82) is 0 Å². The van der Waals surface area contributed by atoms with E-state index in [4.69, 9.17) is 13.9 Å². The monoisotopic (exact) mass is 431 g/mol. The van der Waals surface area contributed by atoms with Crippen LogP contribution in [0.3, 0.4) is 0 Å². The van der Waals surface area contributed by atoms with E-state index in [1.165, 1.54) is 4.90 Å². The summed E-state index contributed by atoms with van der Waals surface area (Å²) in [7, 11) is 1.59. The van der Waals surface area contributed by atoms with E-state index in [1.54, 1.807) is 24.1 Å². The van der Waals surface area contributed by atoms with Crippen LogP contribution in [-0.2, 0) is 16.1 Å². The van der Waals surface area contributed by atoms with Crippen molar-refractivity contribution >= 4 is 17.6 Å². The van der Waals surface area contributed by atoms with Gasteiger partial charge in [0, 0.05) is 19.7 Å². The molecule has 31 heavy (non-hydrogen) atoms. The maximum Gasteiger partial charge on any atom is 0.322 e. The third kappa shape index (κ3) is 7.32. The number of carbonyl (C=O) groups excluding carboxylic acids is 2. The molecule has 0 saturated heterocycles. The molecule has 0 radical (unpaired) electrons. The Morgan fingerprint density at radius 3 is 2.52 bits per heavy atom. The Bertz CT molecular complexity index is 849. The largest absolute Gasteiger partial charge is 0.492 e. The molecule has 0 aliphatic rings. The van der Waals surface area contributed by atoms with Crippen molar-refractivity contribution in [1.82, 2.24) is 9.80 Å². The lowest BCUT2D eigenvalue weighted by Gasteiger charge is -2.30. The molecule has 0 unspecified atom stereocenters. The van der Waals surface area contributed by atoms with Gasteiger partial charge in [0.15, 0.2) is 0 Å². The molecule has 0 fully saturated rings. The maximum atomic E-state index is 13.1. The summed E-state index contributed by atoms with van der Waals surface area (Å²) in [5.74, 6) is 1.87. The number of ether oxygens (including phenoxy) is 2. The molecule has 2 rings (SSSR count). The number of amides is 3. The zero-order chi connectivity index (χ0) is 22.8. The van der Waals surface area contributed by atoms with E-state index in [-0.39, 0.29) is 24.5 Å². The molecular formula is C23H33N3O5. The van der Waals surface area contributed by atoms with Gasteiger partial charge in [0.1, 0.15) is 23.8 Å². The van der Waals surface area contributed by atoms with Gasteiger partial charge in [-0.1, -0.05) is 12.1 Å². The fourth-order valence-electron chi connectivity index (χ4n) is 3.02. The molecule has 1 heterocycles. The van der Waals surface area contributed by atoms with E-state index in [2.05, 4.69) is 5.32 Å². The van der Waals surface area contributed by atoms with E-state index in [9.17, 15) is 9.59 Å². The molecule has 170 valence electrons. The molecule has 0 atom stereocenters. The van der Waals surface area contributed by atoms with Crippen LogP contribution in [0.25, 0.3) is 0 Å². The molecule has 0 bridgehead atoms. The highest BCUT2D eigenvalue weighted by atomic mass is 16.5. The number of furan rings is 1. The van der Waals surface area contributed by atoms with Gasteiger partial charge in [0.2, 0.25) is 5.91 Å². The summed E-state index contributed by atoms with van der Waals surface area (Å²) in [6.07, 6.45) is 0. The summed E-state index contributed by atoms with van der Waals surface area (Å²) in [5, 5.41) is 2.87. The van der Waals surface area contributed by atoms with Crippen molar-refractivity contribution in [2.24, 2.45) is 0 Å². The molecule has 0 aliphatic carbocycles. The molecule has 8 nitrogen and oxygen atoms in total. The van der Waals surface area contributed by atoms with Crippen molar-refractivity contribution in [3.05, 3.63) is 47.9 Å². The van der Waals surface area contributed by atoms with Gasteiger partial charge in [-0.15, -0.1) is 0 Å². The smallest absolute Gasteiger partial charge is 0.322 e. The lowest BCUT2D eigenvalue weighted by atomic mass is 10.2. The SMILES string of the molecule is CCOc1ccccc1NC(=O)N(CC(=O)N(CCOC)Cc1ccc(C)o1)C(C)C. The summed E-state index contributed by atoms with van der Waals surface area (Å²) in [6.45, 7) is 9.01. The minimum absolute atomic E-state index is 0.0658. The number of urea groups is 1. The summed E-state index contributed by atoms with van der Waals surface area (Å²) >= 11 is 0. The molecule has 3 amide bonds. The molecule has 0 aliphatic heterocycles. The minimum atomic E-state index is -0.365. The lowest BCUT2D eigenvalue weighted by molar-refractivity contribution is -0.133. The predicted molar refractivity (Wildman–Crippen MR) is 119 cm³/mol. The Morgan fingerprint density at radius 2 is 1.90 bits per heavy atom. The van der Waals surface area contributed by atoms with Crippen LogP contribution >= 0.6 is 0 Å². The molecule has 2 aromatic rings. The van der Waals surface area contributed by atoms with E-state index >= 15 is 0 Å². The first kappa shape index (κ1) is 24.3. The van der Waals surface area contributed by atoms with E-state index in [0.29, 0.717) is 43.5 Å². The molecular weight excluding hydrogens is 398 g/mol. The van der Waals surface area contributed by atoms with Gasteiger partial charge < -0.3 is 29.0 Å². The average Bonchev–Trinajstić information content (AvgIpc) is 3.15. The Kier molecular flexibility index (Phi) is 9.40. The lowest BCUT2D eigenvalue weighted by Crippen LogP contribution is -2.47. The molecule has 8 heteroatoms. The average molecular weight is 432 g/mol. The number of hydrogen-bond donors (Lipinski definition) is 1. The number of benzene rings is 1. The molecule has 1 N–H and O–H groups in total. The first-order valence-electron chi connectivity index (χ1n) is 10.5. The van der Waals surface area contributed by atoms with Crippen molar-refractivity contribution < 1.29 is 23.5 Å². The Balaban J connectivity index is 2.11. The normalized spacial score (nSPS) is 10.8. The van der Waals surface area contributed by atoms with Gasteiger partial charge in [-0.25, -0.2) is 4.79 Å². The Morgan fingerprint density at radius 1 is 1.16 bits per heavy atom. The van der Waals surface area contributed by atoms with Crippen LogP contribution in [-0.4, -0.2) is 61.2 Å². The van der Waals surface area contributed by atoms with Crippen LogP contribution in [0, 0.1) is 6.92 Å². The molecule has 0 saturated carbocycles. The molecule has 1 aromatic carbocycles. The van der Waals surface area contributed by atoms with Gasteiger partial charge in [0.25, 0.3) is 0 Å². The predicted octanol–water partition coefficient (Wildman–Crippen LogP) is 3.90. The minimum Gasteiger partial charge on any atom is -0.492 e.